The lowest BCUT2D eigenvalue weighted by Gasteiger charge is -2.16. The van der Waals surface area contributed by atoms with E-state index in [0.717, 1.165) is 17.5 Å². The molecule has 0 aliphatic heterocycles. The highest BCUT2D eigenvalue weighted by Gasteiger charge is 2.11. The topological polar surface area (TPSA) is 9.23 Å². The van der Waals surface area contributed by atoms with Crippen LogP contribution in [0.2, 0.25) is 0 Å². The Bertz CT molecular complexity index is 330. The average Bonchev–Trinajstić information content (AvgIpc) is 2.42. The Morgan fingerprint density at radius 2 is 2.11 bits per heavy atom. The van der Waals surface area contributed by atoms with Crippen molar-refractivity contribution >= 4 is 27.7 Å². The van der Waals surface area contributed by atoms with Crippen molar-refractivity contribution in [2.45, 2.75) is 26.2 Å². The first-order valence-electron chi connectivity index (χ1n) is 6.57. The van der Waals surface area contributed by atoms with Crippen LogP contribution in [0.15, 0.2) is 24.3 Å². The van der Waals surface area contributed by atoms with Crippen LogP contribution < -0.4 is 4.74 Å². The van der Waals surface area contributed by atoms with Gasteiger partial charge in [-0.25, -0.2) is 0 Å². The zero-order chi connectivity index (χ0) is 13.2. The van der Waals surface area contributed by atoms with E-state index < -0.39 is 0 Å². The van der Waals surface area contributed by atoms with Crippen LogP contribution in [0.4, 0.5) is 0 Å². The lowest BCUT2D eigenvalue weighted by molar-refractivity contribution is 0.404. The van der Waals surface area contributed by atoms with E-state index in [1.807, 2.05) is 23.9 Å². The predicted molar refractivity (Wildman–Crippen MR) is 86.2 cm³/mol. The molecule has 0 fully saturated rings. The highest BCUT2D eigenvalue weighted by molar-refractivity contribution is 9.09. The fourth-order valence-corrected chi connectivity index (χ4v) is 3.25. The van der Waals surface area contributed by atoms with Crippen LogP contribution in [-0.4, -0.2) is 23.9 Å². The number of thioether (sulfide) groups is 1. The Morgan fingerprint density at radius 1 is 1.33 bits per heavy atom. The van der Waals surface area contributed by atoms with E-state index in [1.54, 1.807) is 7.11 Å². The number of alkyl halides is 1. The van der Waals surface area contributed by atoms with E-state index in [9.17, 15) is 0 Å². The maximum absolute atomic E-state index is 5.41. The van der Waals surface area contributed by atoms with E-state index in [2.05, 4.69) is 35.0 Å². The molecule has 0 saturated carbocycles. The number of ether oxygens (including phenoxy) is 1. The van der Waals surface area contributed by atoms with Crippen LogP contribution >= 0.6 is 27.7 Å². The summed E-state index contributed by atoms with van der Waals surface area (Å²) in [5, 5.41) is 1.07. The summed E-state index contributed by atoms with van der Waals surface area (Å²) in [6, 6.07) is 8.35. The predicted octanol–water partition coefficient (Wildman–Crippen LogP) is 4.78. The van der Waals surface area contributed by atoms with Gasteiger partial charge < -0.3 is 4.74 Å². The third-order valence-electron chi connectivity index (χ3n) is 3.02. The van der Waals surface area contributed by atoms with Gasteiger partial charge in [0.15, 0.2) is 0 Å². The number of rotatable bonds is 9. The normalized spacial score (nSPS) is 12.4. The van der Waals surface area contributed by atoms with Crippen molar-refractivity contribution in [2.24, 2.45) is 5.92 Å². The smallest absolute Gasteiger partial charge is 0.122 e. The standard InChI is InChI=1S/C15H23BrOS/c1-3-18-10-6-7-13(12-16)11-14-8-4-5-9-15(14)17-2/h4-5,8-9,13H,3,6-7,10-12H2,1-2H3. The van der Waals surface area contributed by atoms with E-state index in [0.29, 0.717) is 5.92 Å². The van der Waals surface area contributed by atoms with Crippen LogP contribution in [-0.2, 0) is 6.42 Å². The molecule has 0 aliphatic carbocycles. The Kier molecular flexibility index (Phi) is 8.60. The number of benzene rings is 1. The number of hydrogen-bond acceptors (Lipinski definition) is 2. The summed E-state index contributed by atoms with van der Waals surface area (Å²) in [5.74, 6) is 4.24. The molecule has 0 amide bonds. The van der Waals surface area contributed by atoms with Gasteiger partial charge in [0.05, 0.1) is 7.11 Å². The summed E-state index contributed by atoms with van der Waals surface area (Å²) in [6.07, 6.45) is 3.70. The second-order valence-corrected chi connectivity index (χ2v) is 6.42. The molecule has 1 aromatic carbocycles. The van der Waals surface area contributed by atoms with Gasteiger partial charge in [-0.2, -0.15) is 11.8 Å². The van der Waals surface area contributed by atoms with Gasteiger partial charge >= 0.3 is 0 Å². The monoisotopic (exact) mass is 330 g/mol. The summed E-state index contributed by atoms with van der Waals surface area (Å²) in [6.45, 7) is 2.22. The van der Waals surface area contributed by atoms with Crippen LogP contribution in [0.5, 0.6) is 5.75 Å². The third-order valence-corrected chi connectivity index (χ3v) is 4.93. The maximum atomic E-state index is 5.41. The molecule has 0 saturated heterocycles. The Balaban J connectivity index is 2.46. The number of hydrogen-bond donors (Lipinski definition) is 0. The van der Waals surface area contributed by atoms with Crippen LogP contribution in [0, 0.1) is 5.92 Å². The minimum atomic E-state index is 0.707. The van der Waals surface area contributed by atoms with Crippen molar-refractivity contribution in [1.82, 2.24) is 0 Å². The lowest BCUT2D eigenvalue weighted by Crippen LogP contribution is -2.08. The van der Waals surface area contributed by atoms with E-state index in [-0.39, 0.29) is 0 Å². The molecular formula is C15H23BrOS. The molecule has 1 unspecified atom stereocenters. The van der Waals surface area contributed by atoms with E-state index >= 15 is 0 Å². The minimum absolute atomic E-state index is 0.707. The molecule has 102 valence electrons. The van der Waals surface area contributed by atoms with Gasteiger partial charge in [0, 0.05) is 5.33 Å². The maximum Gasteiger partial charge on any atom is 0.122 e. The number of halogens is 1. The second-order valence-electron chi connectivity index (χ2n) is 4.38. The molecule has 0 radical (unpaired) electrons. The quantitative estimate of drug-likeness (QED) is 0.476. The molecule has 1 rings (SSSR count). The molecule has 1 nitrogen and oxygen atoms in total. The number of para-hydroxylation sites is 1. The molecule has 0 heterocycles. The molecule has 0 aliphatic rings. The summed E-state index contributed by atoms with van der Waals surface area (Å²) in [5.41, 5.74) is 1.33. The van der Waals surface area contributed by atoms with Gasteiger partial charge in [-0.15, -0.1) is 0 Å². The molecule has 1 aromatic rings. The van der Waals surface area contributed by atoms with Crippen LogP contribution in [0.1, 0.15) is 25.3 Å². The van der Waals surface area contributed by atoms with Gasteiger partial charge in [0.2, 0.25) is 0 Å². The highest BCUT2D eigenvalue weighted by Crippen LogP contribution is 2.24. The van der Waals surface area contributed by atoms with Crippen molar-refractivity contribution < 1.29 is 4.74 Å². The minimum Gasteiger partial charge on any atom is -0.496 e. The first-order valence-corrected chi connectivity index (χ1v) is 8.85. The second kappa shape index (κ2) is 9.74. The fourth-order valence-electron chi connectivity index (χ4n) is 2.03. The largest absolute Gasteiger partial charge is 0.496 e. The molecule has 0 N–H and O–H groups in total. The van der Waals surface area contributed by atoms with Gasteiger partial charge in [-0.1, -0.05) is 41.1 Å². The molecule has 3 heteroatoms. The zero-order valence-electron chi connectivity index (χ0n) is 11.3. The van der Waals surface area contributed by atoms with Gasteiger partial charge in [-0.3, -0.25) is 0 Å². The molecule has 1 atom stereocenters. The summed E-state index contributed by atoms with van der Waals surface area (Å²) < 4.78 is 5.41. The van der Waals surface area contributed by atoms with Crippen molar-refractivity contribution in [3.63, 3.8) is 0 Å². The summed E-state index contributed by atoms with van der Waals surface area (Å²) in [4.78, 5) is 0. The highest BCUT2D eigenvalue weighted by atomic mass is 79.9. The van der Waals surface area contributed by atoms with Crippen LogP contribution in [0.3, 0.4) is 0 Å². The Morgan fingerprint density at radius 3 is 2.78 bits per heavy atom. The van der Waals surface area contributed by atoms with E-state index in [4.69, 9.17) is 4.74 Å². The van der Waals surface area contributed by atoms with Crippen LogP contribution in [0.25, 0.3) is 0 Å². The van der Waals surface area contributed by atoms with Gasteiger partial charge in [0.1, 0.15) is 5.75 Å². The average molecular weight is 331 g/mol. The molecule has 18 heavy (non-hydrogen) atoms. The third kappa shape index (κ3) is 5.66. The summed E-state index contributed by atoms with van der Waals surface area (Å²) in [7, 11) is 1.75. The number of methoxy groups -OCH3 is 1. The molecular weight excluding hydrogens is 308 g/mol. The van der Waals surface area contributed by atoms with Crippen molar-refractivity contribution in [3.8, 4) is 5.75 Å². The Hall–Kier alpha value is -0.150. The summed E-state index contributed by atoms with van der Waals surface area (Å²) >= 11 is 5.68. The lowest BCUT2D eigenvalue weighted by atomic mass is 9.96. The van der Waals surface area contributed by atoms with Gasteiger partial charge in [0.25, 0.3) is 0 Å². The van der Waals surface area contributed by atoms with Crippen molar-refractivity contribution in [1.29, 1.82) is 0 Å². The molecule has 0 spiro atoms. The molecule has 0 bridgehead atoms. The first kappa shape index (κ1) is 15.9. The SMILES string of the molecule is CCSCCCC(CBr)Cc1ccccc1OC. The Labute approximate surface area is 124 Å². The van der Waals surface area contributed by atoms with Gasteiger partial charge in [-0.05, 0) is 48.3 Å². The first-order chi connectivity index (χ1) is 8.81. The zero-order valence-corrected chi connectivity index (χ0v) is 13.7. The fraction of sp³-hybridized carbons (Fsp3) is 0.600. The van der Waals surface area contributed by atoms with E-state index in [1.165, 1.54) is 29.9 Å². The van der Waals surface area contributed by atoms with Crippen molar-refractivity contribution in [3.05, 3.63) is 29.8 Å². The van der Waals surface area contributed by atoms with Crippen molar-refractivity contribution in [2.75, 3.05) is 23.9 Å². The molecule has 0 aromatic heterocycles.